The van der Waals surface area contributed by atoms with E-state index in [1.54, 1.807) is 71.5 Å². The summed E-state index contributed by atoms with van der Waals surface area (Å²) in [6.45, 7) is 0.332. The minimum atomic E-state index is -0.351. The van der Waals surface area contributed by atoms with Gasteiger partial charge >= 0.3 is 6.03 Å². The Morgan fingerprint density at radius 3 is 2.53 bits per heavy atom. The Bertz CT molecular complexity index is 1160. The maximum atomic E-state index is 12.4. The molecular formula is C21H19N7O2. The Morgan fingerprint density at radius 2 is 1.83 bits per heavy atom. The normalized spacial score (nSPS) is 10.6. The lowest BCUT2D eigenvalue weighted by Gasteiger charge is -2.09. The highest BCUT2D eigenvalue weighted by Crippen LogP contribution is 2.13. The van der Waals surface area contributed by atoms with Crippen LogP contribution in [0.15, 0.2) is 73.4 Å². The molecule has 0 saturated carbocycles. The fourth-order valence-corrected chi connectivity index (χ4v) is 2.88. The lowest BCUT2D eigenvalue weighted by molar-refractivity contribution is 0.102. The third-order valence-electron chi connectivity index (χ3n) is 4.43. The number of hydrogen-bond acceptors (Lipinski definition) is 5. The molecular weight excluding hydrogens is 382 g/mol. The molecule has 4 rings (SSSR count). The summed E-state index contributed by atoms with van der Waals surface area (Å²) in [5, 5.41) is 9.70. The van der Waals surface area contributed by atoms with Crippen molar-refractivity contribution in [2.45, 2.75) is 6.54 Å². The van der Waals surface area contributed by atoms with Gasteiger partial charge in [-0.15, -0.1) is 0 Å². The first-order valence-corrected chi connectivity index (χ1v) is 9.22. The topological polar surface area (TPSA) is 107 Å². The van der Waals surface area contributed by atoms with Crippen LogP contribution in [0.25, 0.3) is 5.82 Å². The van der Waals surface area contributed by atoms with Gasteiger partial charge in [0.25, 0.3) is 0 Å². The quantitative estimate of drug-likeness (QED) is 0.483. The molecule has 1 aromatic carbocycles. The number of amides is 2. The van der Waals surface area contributed by atoms with Gasteiger partial charge in [0.2, 0.25) is 5.78 Å². The summed E-state index contributed by atoms with van der Waals surface area (Å²) >= 11 is 0. The molecule has 0 aliphatic rings. The van der Waals surface area contributed by atoms with Crippen LogP contribution >= 0.6 is 0 Å². The molecule has 0 aliphatic carbocycles. The molecule has 2 amide bonds. The Balaban J connectivity index is 1.34. The fourth-order valence-electron chi connectivity index (χ4n) is 2.88. The molecule has 0 spiro atoms. The number of pyridine rings is 1. The maximum Gasteiger partial charge on any atom is 0.319 e. The number of anilines is 1. The predicted octanol–water partition coefficient (Wildman–Crippen LogP) is 2.55. The maximum absolute atomic E-state index is 12.4. The molecule has 4 aromatic rings. The second kappa shape index (κ2) is 8.39. The van der Waals surface area contributed by atoms with Crippen LogP contribution in [0.4, 0.5) is 10.5 Å². The highest BCUT2D eigenvalue weighted by Gasteiger charge is 2.13. The second-order valence-electron chi connectivity index (χ2n) is 6.55. The Kier molecular flexibility index (Phi) is 5.33. The molecule has 0 saturated heterocycles. The summed E-state index contributed by atoms with van der Waals surface area (Å²) in [7, 11) is 1.77. The molecule has 0 atom stereocenters. The number of ketones is 1. The van der Waals surface area contributed by atoms with E-state index in [4.69, 9.17) is 0 Å². The van der Waals surface area contributed by atoms with Crippen molar-refractivity contribution in [1.29, 1.82) is 0 Å². The first kappa shape index (κ1) is 19.1. The van der Waals surface area contributed by atoms with E-state index in [-0.39, 0.29) is 11.8 Å². The van der Waals surface area contributed by atoms with Gasteiger partial charge in [-0.2, -0.15) is 5.10 Å². The number of hydrogen-bond donors (Lipinski definition) is 2. The average molecular weight is 401 g/mol. The zero-order valence-corrected chi connectivity index (χ0v) is 16.2. The van der Waals surface area contributed by atoms with Gasteiger partial charge in [-0.1, -0.05) is 0 Å². The molecule has 3 heterocycles. The highest BCUT2D eigenvalue weighted by molar-refractivity contribution is 6.07. The van der Waals surface area contributed by atoms with Crippen LogP contribution in [0.2, 0.25) is 0 Å². The molecule has 0 radical (unpaired) electrons. The molecule has 2 N–H and O–H groups in total. The number of benzene rings is 1. The number of carbonyl (C=O) groups excluding carboxylic acids is 2. The molecule has 30 heavy (non-hydrogen) atoms. The first-order chi connectivity index (χ1) is 14.6. The number of rotatable bonds is 6. The smallest absolute Gasteiger partial charge is 0.319 e. The third-order valence-corrected chi connectivity index (χ3v) is 4.43. The standard InChI is InChI=1S/C21H19N7O2/c1-27-12-10-23-20(27)19(29)16-3-5-17(6-4-16)26-21(30)24-14-15-7-9-22-18(13-15)28-11-2-8-25-28/h2-13H,14H2,1H3,(H2,24,26,30). The van der Waals surface area contributed by atoms with Gasteiger partial charge in [0.1, 0.15) is 0 Å². The Morgan fingerprint density at radius 1 is 1.00 bits per heavy atom. The Labute approximate surface area is 172 Å². The van der Waals surface area contributed by atoms with E-state index < -0.39 is 0 Å². The predicted molar refractivity (Wildman–Crippen MR) is 110 cm³/mol. The van der Waals surface area contributed by atoms with Crippen molar-refractivity contribution in [2.24, 2.45) is 7.05 Å². The number of imidazole rings is 1. The van der Waals surface area contributed by atoms with E-state index in [1.165, 1.54) is 0 Å². The van der Waals surface area contributed by atoms with E-state index >= 15 is 0 Å². The minimum absolute atomic E-state index is 0.177. The van der Waals surface area contributed by atoms with Gasteiger partial charge in [-0.05, 0) is 48.0 Å². The molecule has 0 fully saturated rings. The number of nitrogens with one attached hydrogen (secondary N) is 2. The average Bonchev–Trinajstić information content (AvgIpc) is 3.45. The van der Waals surface area contributed by atoms with Gasteiger partial charge in [-0.25, -0.2) is 19.4 Å². The van der Waals surface area contributed by atoms with Gasteiger partial charge < -0.3 is 15.2 Å². The number of urea groups is 1. The summed E-state index contributed by atoms with van der Waals surface area (Å²) in [6.07, 6.45) is 8.44. The summed E-state index contributed by atoms with van der Waals surface area (Å²) < 4.78 is 3.32. The first-order valence-electron chi connectivity index (χ1n) is 9.22. The zero-order valence-electron chi connectivity index (χ0n) is 16.2. The molecule has 0 unspecified atom stereocenters. The summed E-state index contributed by atoms with van der Waals surface area (Å²) in [5.41, 5.74) is 1.97. The summed E-state index contributed by atoms with van der Waals surface area (Å²) in [4.78, 5) is 33.0. The summed E-state index contributed by atoms with van der Waals surface area (Å²) in [5.74, 6) is 0.858. The van der Waals surface area contributed by atoms with E-state index in [9.17, 15) is 9.59 Å². The van der Waals surface area contributed by atoms with E-state index in [2.05, 4.69) is 25.7 Å². The molecule has 0 bridgehead atoms. The number of nitrogens with zero attached hydrogens (tertiary/aromatic N) is 5. The minimum Gasteiger partial charge on any atom is -0.334 e. The number of aromatic nitrogens is 5. The van der Waals surface area contributed by atoms with Crippen molar-refractivity contribution in [2.75, 3.05) is 5.32 Å². The number of aryl methyl sites for hydroxylation is 1. The van der Waals surface area contributed by atoms with Crippen LogP contribution in [0.1, 0.15) is 21.7 Å². The molecule has 3 aromatic heterocycles. The second-order valence-corrected chi connectivity index (χ2v) is 6.55. The molecule has 150 valence electrons. The van der Waals surface area contributed by atoms with Gasteiger partial charge in [-0.3, -0.25) is 4.79 Å². The van der Waals surface area contributed by atoms with Crippen LogP contribution in [0.5, 0.6) is 0 Å². The van der Waals surface area contributed by atoms with E-state index in [1.807, 2.05) is 18.2 Å². The van der Waals surface area contributed by atoms with Crippen LogP contribution in [0, 0.1) is 0 Å². The lowest BCUT2D eigenvalue weighted by atomic mass is 10.1. The van der Waals surface area contributed by atoms with Crippen molar-refractivity contribution >= 4 is 17.5 Å². The zero-order chi connectivity index (χ0) is 20.9. The highest BCUT2D eigenvalue weighted by atomic mass is 16.2. The van der Waals surface area contributed by atoms with Crippen molar-refractivity contribution in [3.05, 3.63) is 90.4 Å². The van der Waals surface area contributed by atoms with Crippen LogP contribution in [-0.2, 0) is 13.6 Å². The van der Waals surface area contributed by atoms with E-state index in [0.717, 1.165) is 5.56 Å². The van der Waals surface area contributed by atoms with Gasteiger partial charge in [0, 0.05) is 55.8 Å². The summed E-state index contributed by atoms with van der Waals surface area (Å²) in [6, 6.07) is 11.8. The van der Waals surface area contributed by atoms with Crippen molar-refractivity contribution in [3.63, 3.8) is 0 Å². The number of carbonyl (C=O) groups is 2. The molecule has 0 aliphatic heterocycles. The van der Waals surface area contributed by atoms with Crippen molar-refractivity contribution < 1.29 is 9.59 Å². The van der Waals surface area contributed by atoms with Gasteiger partial charge in [0.15, 0.2) is 11.6 Å². The molecule has 9 heteroatoms. The fraction of sp³-hybridized carbons (Fsp3) is 0.0952. The van der Waals surface area contributed by atoms with Crippen LogP contribution in [0.3, 0.4) is 0 Å². The molecule has 9 nitrogen and oxygen atoms in total. The van der Waals surface area contributed by atoms with Crippen LogP contribution in [-0.4, -0.2) is 36.1 Å². The van der Waals surface area contributed by atoms with Crippen LogP contribution < -0.4 is 10.6 Å². The largest absolute Gasteiger partial charge is 0.334 e. The van der Waals surface area contributed by atoms with Crippen molar-refractivity contribution in [3.8, 4) is 5.82 Å². The Hall–Kier alpha value is -4.27. The lowest BCUT2D eigenvalue weighted by Crippen LogP contribution is -2.28. The third kappa shape index (κ3) is 4.25. The monoisotopic (exact) mass is 401 g/mol. The van der Waals surface area contributed by atoms with Gasteiger partial charge in [0.05, 0.1) is 0 Å². The van der Waals surface area contributed by atoms with Crippen molar-refractivity contribution in [1.82, 2.24) is 29.6 Å². The SMILES string of the molecule is Cn1ccnc1C(=O)c1ccc(NC(=O)NCc2ccnc(-n3cccn3)c2)cc1. The van der Waals surface area contributed by atoms with E-state index in [0.29, 0.717) is 29.4 Å².